The van der Waals surface area contributed by atoms with Gasteiger partial charge in [0.1, 0.15) is 11.9 Å². The molecule has 0 heterocycles. The molecule has 0 aliphatic carbocycles. The van der Waals surface area contributed by atoms with Crippen molar-refractivity contribution in [1.29, 1.82) is 0 Å². The fraction of sp³-hybridized carbons (Fsp3) is 0.333. The van der Waals surface area contributed by atoms with Crippen LogP contribution in [0.1, 0.15) is 30.0 Å². The summed E-state index contributed by atoms with van der Waals surface area (Å²) in [7, 11) is 1.53. The van der Waals surface area contributed by atoms with Crippen molar-refractivity contribution in [2.24, 2.45) is 0 Å². The van der Waals surface area contributed by atoms with Crippen LogP contribution in [0.2, 0.25) is 5.02 Å². The number of amides is 2. The maximum absolute atomic E-state index is 14.1. The molecule has 0 aromatic heterocycles. The topological polar surface area (TPSA) is 49.4 Å². The minimum absolute atomic E-state index is 0.143. The van der Waals surface area contributed by atoms with E-state index in [9.17, 15) is 14.0 Å². The van der Waals surface area contributed by atoms with E-state index in [0.29, 0.717) is 6.42 Å². The highest BCUT2D eigenvalue weighted by Gasteiger charge is 2.28. The van der Waals surface area contributed by atoms with Gasteiger partial charge in [0.15, 0.2) is 0 Å². The molecular formula is C21H24ClFN2O2. The van der Waals surface area contributed by atoms with E-state index < -0.39 is 11.9 Å². The van der Waals surface area contributed by atoms with E-state index >= 15 is 0 Å². The van der Waals surface area contributed by atoms with Crippen LogP contribution >= 0.6 is 11.6 Å². The highest BCUT2D eigenvalue weighted by atomic mass is 35.5. The van der Waals surface area contributed by atoms with Gasteiger partial charge in [-0.1, -0.05) is 54.4 Å². The molecule has 4 nitrogen and oxygen atoms in total. The van der Waals surface area contributed by atoms with E-state index in [2.05, 4.69) is 5.32 Å². The van der Waals surface area contributed by atoms with Gasteiger partial charge in [-0.05, 0) is 31.0 Å². The van der Waals surface area contributed by atoms with E-state index in [0.717, 1.165) is 11.1 Å². The van der Waals surface area contributed by atoms with Gasteiger partial charge in [0.05, 0.1) is 6.42 Å². The van der Waals surface area contributed by atoms with Crippen LogP contribution in [0.25, 0.3) is 0 Å². The minimum atomic E-state index is -0.644. The highest BCUT2D eigenvalue weighted by molar-refractivity contribution is 6.31. The average molecular weight is 391 g/mol. The van der Waals surface area contributed by atoms with Gasteiger partial charge >= 0.3 is 0 Å². The molecule has 0 unspecified atom stereocenters. The van der Waals surface area contributed by atoms with Crippen molar-refractivity contribution in [2.75, 3.05) is 7.05 Å². The van der Waals surface area contributed by atoms with E-state index in [-0.39, 0.29) is 35.4 Å². The van der Waals surface area contributed by atoms with Crippen LogP contribution in [0, 0.1) is 12.7 Å². The van der Waals surface area contributed by atoms with Crippen molar-refractivity contribution in [1.82, 2.24) is 10.2 Å². The molecule has 6 heteroatoms. The molecule has 0 aliphatic heterocycles. The van der Waals surface area contributed by atoms with Crippen LogP contribution in [0.15, 0.2) is 42.5 Å². The summed E-state index contributed by atoms with van der Waals surface area (Å²) in [6.07, 6.45) is 0.243. The lowest BCUT2D eigenvalue weighted by atomic mass is 10.1. The summed E-state index contributed by atoms with van der Waals surface area (Å²) < 4.78 is 14.1. The Kier molecular flexibility index (Phi) is 7.36. The van der Waals surface area contributed by atoms with Gasteiger partial charge in [-0.3, -0.25) is 9.59 Å². The maximum Gasteiger partial charge on any atom is 0.242 e. The molecule has 144 valence electrons. The first-order valence-electron chi connectivity index (χ1n) is 8.86. The lowest BCUT2D eigenvalue weighted by molar-refractivity contribution is -0.140. The predicted octanol–water partition coefficient (Wildman–Crippen LogP) is 3.88. The Bertz CT molecular complexity index is 788. The number of carbonyl (C=O) groups excluding carboxylic acids is 2. The third-order valence-electron chi connectivity index (χ3n) is 4.50. The van der Waals surface area contributed by atoms with E-state index in [1.807, 2.05) is 38.1 Å². The molecule has 0 bridgehead atoms. The molecule has 0 radical (unpaired) electrons. The van der Waals surface area contributed by atoms with Crippen molar-refractivity contribution in [2.45, 2.75) is 39.3 Å². The first kappa shape index (κ1) is 20.9. The molecule has 1 N–H and O–H groups in total. The summed E-state index contributed by atoms with van der Waals surface area (Å²) in [5.41, 5.74) is 2.15. The number of aryl methyl sites for hydroxylation is 1. The molecule has 2 aromatic rings. The summed E-state index contributed by atoms with van der Waals surface area (Å²) in [5.74, 6) is -1.13. The number of nitrogens with zero attached hydrogens (tertiary/aromatic N) is 1. The molecule has 0 fully saturated rings. The molecule has 1 atom stereocenters. The molecule has 0 saturated carbocycles. The Morgan fingerprint density at radius 3 is 2.41 bits per heavy atom. The van der Waals surface area contributed by atoms with Crippen LogP contribution < -0.4 is 5.32 Å². The van der Waals surface area contributed by atoms with Crippen molar-refractivity contribution in [3.05, 3.63) is 70.0 Å². The minimum Gasteiger partial charge on any atom is -0.357 e. The standard InChI is InChI=1S/C21H24ClFN2O2/c1-4-19(21(27)24-3)25(13-15-10-8-14(2)9-11-15)20(26)12-16-17(22)6-5-7-18(16)23/h5-11,19H,4,12-13H2,1-3H3,(H,24,27)/t19-/m0/s1. The summed E-state index contributed by atoms with van der Waals surface area (Å²) in [4.78, 5) is 26.8. The van der Waals surface area contributed by atoms with Crippen LogP contribution in [0.4, 0.5) is 4.39 Å². The normalized spacial score (nSPS) is 11.7. The zero-order valence-corrected chi connectivity index (χ0v) is 16.5. The third-order valence-corrected chi connectivity index (χ3v) is 4.85. The lowest BCUT2D eigenvalue weighted by Gasteiger charge is -2.30. The Labute approximate surface area is 164 Å². The fourth-order valence-corrected chi connectivity index (χ4v) is 3.16. The number of hydrogen-bond acceptors (Lipinski definition) is 2. The van der Waals surface area contributed by atoms with Gasteiger partial charge in [0.2, 0.25) is 11.8 Å². The van der Waals surface area contributed by atoms with Crippen LogP contribution in [0.5, 0.6) is 0 Å². The Hall–Kier alpha value is -2.40. The molecular weight excluding hydrogens is 367 g/mol. The Balaban J connectivity index is 2.33. The van der Waals surface area contributed by atoms with Crippen molar-refractivity contribution in [3.63, 3.8) is 0 Å². The average Bonchev–Trinajstić information content (AvgIpc) is 2.65. The lowest BCUT2D eigenvalue weighted by Crippen LogP contribution is -2.48. The largest absolute Gasteiger partial charge is 0.357 e. The van der Waals surface area contributed by atoms with Gasteiger partial charge in [-0.25, -0.2) is 4.39 Å². The van der Waals surface area contributed by atoms with Gasteiger partial charge in [0, 0.05) is 24.2 Å². The molecule has 0 saturated heterocycles. The molecule has 2 rings (SSSR count). The second-order valence-corrected chi connectivity index (χ2v) is 6.83. The van der Waals surface area contributed by atoms with Gasteiger partial charge in [-0.15, -0.1) is 0 Å². The summed E-state index contributed by atoms with van der Waals surface area (Å²) in [6.45, 7) is 4.08. The molecule has 2 amide bonds. The number of rotatable bonds is 7. The third kappa shape index (κ3) is 5.30. The van der Waals surface area contributed by atoms with E-state index in [4.69, 9.17) is 11.6 Å². The summed E-state index contributed by atoms with van der Waals surface area (Å²) in [5, 5.41) is 2.80. The number of halogens is 2. The summed E-state index contributed by atoms with van der Waals surface area (Å²) >= 11 is 6.07. The number of hydrogen-bond donors (Lipinski definition) is 1. The van der Waals surface area contributed by atoms with E-state index in [1.54, 1.807) is 6.07 Å². The van der Waals surface area contributed by atoms with Gasteiger partial charge in [-0.2, -0.15) is 0 Å². The first-order chi connectivity index (χ1) is 12.9. The fourth-order valence-electron chi connectivity index (χ4n) is 2.93. The number of benzene rings is 2. The zero-order valence-electron chi connectivity index (χ0n) is 15.8. The monoisotopic (exact) mass is 390 g/mol. The van der Waals surface area contributed by atoms with Crippen LogP contribution in [-0.2, 0) is 22.6 Å². The Morgan fingerprint density at radius 2 is 1.85 bits per heavy atom. The first-order valence-corrected chi connectivity index (χ1v) is 9.24. The Morgan fingerprint density at radius 1 is 1.19 bits per heavy atom. The molecule has 27 heavy (non-hydrogen) atoms. The zero-order chi connectivity index (χ0) is 20.0. The maximum atomic E-state index is 14.1. The van der Waals surface area contributed by atoms with Gasteiger partial charge < -0.3 is 10.2 Å². The SMILES string of the molecule is CC[C@@H](C(=O)NC)N(Cc1ccc(C)cc1)C(=O)Cc1c(F)cccc1Cl. The van der Waals surface area contributed by atoms with Crippen LogP contribution in [0.3, 0.4) is 0 Å². The van der Waals surface area contributed by atoms with E-state index in [1.165, 1.54) is 24.1 Å². The second kappa shape index (κ2) is 9.51. The molecule has 2 aromatic carbocycles. The van der Waals surface area contributed by atoms with Crippen molar-refractivity contribution >= 4 is 23.4 Å². The van der Waals surface area contributed by atoms with Crippen molar-refractivity contribution in [3.8, 4) is 0 Å². The van der Waals surface area contributed by atoms with Crippen molar-refractivity contribution < 1.29 is 14.0 Å². The number of nitrogens with one attached hydrogen (secondary N) is 1. The number of carbonyl (C=O) groups is 2. The van der Waals surface area contributed by atoms with Gasteiger partial charge in [0.25, 0.3) is 0 Å². The highest BCUT2D eigenvalue weighted by Crippen LogP contribution is 2.22. The quantitative estimate of drug-likeness (QED) is 0.779. The second-order valence-electron chi connectivity index (χ2n) is 6.42. The molecule has 0 spiro atoms. The number of likely N-dealkylation sites (N-methyl/N-ethyl adjacent to an activating group) is 1. The van der Waals surface area contributed by atoms with Crippen LogP contribution in [-0.4, -0.2) is 29.8 Å². The predicted molar refractivity (Wildman–Crippen MR) is 105 cm³/mol. The summed E-state index contributed by atoms with van der Waals surface area (Å²) in [6, 6.07) is 11.4. The molecule has 0 aliphatic rings. The smallest absolute Gasteiger partial charge is 0.242 e.